The van der Waals surface area contributed by atoms with Gasteiger partial charge in [0.15, 0.2) is 5.13 Å². The minimum absolute atomic E-state index is 0.0153. The molecule has 0 radical (unpaired) electrons. The third kappa shape index (κ3) is 4.59. The van der Waals surface area contributed by atoms with Crippen LogP contribution in [-0.2, 0) is 4.79 Å². The third-order valence-electron chi connectivity index (χ3n) is 3.64. The first kappa shape index (κ1) is 19.2. The van der Waals surface area contributed by atoms with Crippen molar-refractivity contribution in [3.8, 4) is 17.3 Å². The number of carbonyl (C=O) groups excluding carboxylic acids is 1. The predicted molar refractivity (Wildman–Crippen MR) is 108 cm³/mol. The van der Waals surface area contributed by atoms with Gasteiger partial charge in [-0.25, -0.2) is 4.98 Å². The average molecular weight is 411 g/mol. The fraction of sp³-hybridized carbons (Fsp3) is 0. The average Bonchev–Trinajstić information content (AvgIpc) is 3.16. The van der Waals surface area contributed by atoms with E-state index in [-0.39, 0.29) is 11.3 Å². The number of carbonyl (C=O) groups is 1. The van der Waals surface area contributed by atoms with E-state index < -0.39 is 10.8 Å². The first-order valence-electron chi connectivity index (χ1n) is 7.85. The summed E-state index contributed by atoms with van der Waals surface area (Å²) in [4.78, 5) is 26.9. The zero-order valence-electron chi connectivity index (χ0n) is 14.1. The summed E-state index contributed by atoms with van der Waals surface area (Å²) in [5, 5.41) is 25.2. The molecule has 0 spiro atoms. The molecule has 1 heterocycles. The second-order valence-electron chi connectivity index (χ2n) is 5.52. The van der Waals surface area contributed by atoms with E-state index in [4.69, 9.17) is 11.6 Å². The van der Waals surface area contributed by atoms with Gasteiger partial charge in [0.05, 0.1) is 10.6 Å². The highest BCUT2D eigenvalue weighted by atomic mass is 35.5. The number of halogens is 1. The van der Waals surface area contributed by atoms with Crippen LogP contribution >= 0.6 is 22.9 Å². The Morgan fingerprint density at radius 2 is 1.89 bits per heavy atom. The van der Waals surface area contributed by atoms with Gasteiger partial charge in [-0.15, -0.1) is 11.3 Å². The summed E-state index contributed by atoms with van der Waals surface area (Å²) in [5.41, 5.74) is 1.82. The Bertz CT molecular complexity index is 1100. The van der Waals surface area contributed by atoms with Crippen LogP contribution in [0.15, 0.2) is 59.5 Å². The van der Waals surface area contributed by atoms with Crippen LogP contribution in [0.3, 0.4) is 0 Å². The van der Waals surface area contributed by atoms with E-state index in [0.29, 0.717) is 27.0 Å². The Hall–Kier alpha value is -3.54. The summed E-state index contributed by atoms with van der Waals surface area (Å²) in [6.45, 7) is 0. The molecule has 0 fully saturated rings. The number of nitro groups is 1. The largest absolute Gasteiger partial charge is 0.297 e. The number of non-ortho nitro benzene ring substituents is 1. The first-order chi connectivity index (χ1) is 13.5. The highest BCUT2D eigenvalue weighted by Gasteiger charge is 2.13. The van der Waals surface area contributed by atoms with E-state index in [9.17, 15) is 20.2 Å². The van der Waals surface area contributed by atoms with Gasteiger partial charge >= 0.3 is 0 Å². The molecule has 0 aliphatic heterocycles. The van der Waals surface area contributed by atoms with Gasteiger partial charge in [0.2, 0.25) is 0 Å². The van der Waals surface area contributed by atoms with E-state index in [1.807, 2.05) is 6.07 Å². The van der Waals surface area contributed by atoms with Crippen molar-refractivity contribution in [1.82, 2.24) is 4.98 Å². The second kappa shape index (κ2) is 8.43. The van der Waals surface area contributed by atoms with Crippen molar-refractivity contribution < 1.29 is 9.72 Å². The minimum atomic E-state index is -0.581. The van der Waals surface area contributed by atoms with E-state index in [2.05, 4.69) is 10.3 Å². The van der Waals surface area contributed by atoms with Crippen molar-refractivity contribution in [2.24, 2.45) is 0 Å². The van der Waals surface area contributed by atoms with Gasteiger partial charge in [-0.05, 0) is 35.9 Å². The Labute approximate surface area is 168 Å². The van der Waals surface area contributed by atoms with Gasteiger partial charge in [0.1, 0.15) is 11.6 Å². The van der Waals surface area contributed by atoms with Gasteiger partial charge in [0.25, 0.3) is 11.6 Å². The number of hydrogen-bond donors (Lipinski definition) is 1. The highest BCUT2D eigenvalue weighted by molar-refractivity contribution is 7.14. The number of aromatic nitrogens is 1. The number of rotatable bonds is 5. The lowest BCUT2D eigenvalue weighted by atomic mass is 10.1. The fourth-order valence-electron chi connectivity index (χ4n) is 2.26. The van der Waals surface area contributed by atoms with Gasteiger partial charge in [-0.2, -0.15) is 5.26 Å². The number of thiazole rings is 1. The number of benzene rings is 2. The van der Waals surface area contributed by atoms with E-state index in [1.165, 1.54) is 29.5 Å². The molecule has 0 atom stereocenters. The molecule has 0 aliphatic rings. The molecule has 1 aromatic heterocycles. The van der Waals surface area contributed by atoms with Crippen molar-refractivity contribution in [3.63, 3.8) is 0 Å². The van der Waals surface area contributed by atoms with Crippen LogP contribution in [0.2, 0.25) is 5.02 Å². The van der Waals surface area contributed by atoms with Crippen LogP contribution in [0.5, 0.6) is 0 Å². The van der Waals surface area contributed by atoms with Crippen LogP contribution < -0.4 is 5.32 Å². The maximum atomic E-state index is 12.3. The minimum Gasteiger partial charge on any atom is -0.297 e. The third-order valence-corrected chi connectivity index (χ3v) is 4.65. The molecule has 3 rings (SSSR count). The smallest absolute Gasteiger partial charge is 0.269 e. The monoisotopic (exact) mass is 410 g/mol. The molecule has 0 aliphatic carbocycles. The van der Waals surface area contributed by atoms with Crippen molar-refractivity contribution in [3.05, 3.63) is 80.2 Å². The SMILES string of the molecule is N#C/C(=C\c1ccc(Cl)cc1)C(=O)Nc1nc(-c2ccc([N+](=O)[O-])cc2)cs1. The van der Waals surface area contributed by atoms with Crippen molar-refractivity contribution >= 4 is 45.7 Å². The molecule has 1 N–H and O–H groups in total. The van der Waals surface area contributed by atoms with Gasteiger partial charge in [-0.3, -0.25) is 20.2 Å². The maximum Gasteiger partial charge on any atom is 0.269 e. The molecule has 138 valence electrons. The summed E-state index contributed by atoms with van der Waals surface area (Å²) in [6, 6.07) is 14.5. The van der Waals surface area contributed by atoms with Gasteiger partial charge < -0.3 is 0 Å². The van der Waals surface area contributed by atoms with Gasteiger partial charge in [-0.1, -0.05) is 23.7 Å². The van der Waals surface area contributed by atoms with E-state index in [1.54, 1.807) is 41.8 Å². The molecular weight excluding hydrogens is 400 g/mol. The zero-order chi connectivity index (χ0) is 20.1. The summed E-state index contributed by atoms with van der Waals surface area (Å²) in [7, 11) is 0. The maximum absolute atomic E-state index is 12.3. The van der Waals surface area contributed by atoms with Crippen molar-refractivity contribution in [2.45, 2.75) is 0 Å². The van der Waals surface area contributed by atoms with Crippen LogP contribution in [0, 0.1) is 21.4 Å². The molecular formula is C19H11ClN4O3S. The van der Waals surface area contributed by atoms with Crippen LogP contribution in [-0.4, -0.2) is 15.8 Å². The summed E-state index contributed by atoms with van der Waals surface area (Å²) < 4.78 is 0. The lowest BCUT2D eigenvalue weighted by Gasteiger charge is -2.01. The van der Waals surface area contributed by atoms with E-state index >= 15 is 0 Å². The molecule has 0 saturated heterocycles. The number of nitriles is 1. The fourth-order valence-corrected chi connectivity index (χ4v) is 3.10. The normalized spacial score (nSPS) is 10.9. The second-order valence-corrected chi connectivity index (χ2v) is 6.81. The number of anilines is 1. The number of nitro benzene ring substituents is 1. The topological polar surface area (TPSA) is 109 Å². The number of hydrogen-bond acceptors (Lipinski definition) is 6. The molecule has 0 saturated carbocycles. The van der Waals surface area contributed by atoms with Crippen LogP contribution in [0.25, 0.3) is 17.3 Å². The number of nitrogens with one attached hydrogen (secondary N) is 1. The molecule has 28 heavy (non-hydrogen) atoms. The van der Waals surface area contributed by atoms with Crippen molar-refractivity contribution in [2.75, 3.05) is 5.32 Å². The number of amides is 1. The Morgan fingerprint density at radius 1 is 1.21 bits per heavy atom. The Kier molecular flexibility index (Phi) is 5.79. The summed E-state index contributed by atoms with van der Waals surface area (Å²) in [6.07, 6.45) is 1.45. The molecule has 0 bridgehead atoms. The molecule has 2 aromatic carbocycles. The summed E-state index contributed by atoms with van der Waals surface area (Å²) in [5.74, 6) is -0.581. The molecule has 3 aromatic rings. The molecule has 1 amide bonds. The highest BCUT2D eigenvalue weighted by Crippen LogP contribution is 2.26. The number of nitrogens with zero attached hydrogens (tertiary/aromatic N) is 3. The van der Waals surface area contributed by atoms with Crippen molar-refractivity contribution in [1.29, 1.82) is 5.26 Å². The standard InChI is InChI=1S/C19H11ClN4O3S/c20-15-5-1-12(2-6-15)9-14(10-21)18(25)23-19-22-17(11-28-19)13-3-7-16(8-4-13)24(26)27/h1-9,11H,(H,22,23,25)/b14-9+. The first-order valence-corrected chi connectivity index (χ1v) is 9.11. The lowest BCUT2D eigenvalue weighted by Crippen LogP contribution is -2.13. The van der Waals surface area contributed by atoms with Gasteiger partial charge in [0, 0.05) is 28.1 Å². The molecule has 7 nitrogen and oxygen atoms in total. The Morgan fingerprint density at radius 3 is 2.50 bits per heavy atom. The van der Waals surface area contributed by atoms with Crippen LogP contribution in [0.1, 0.15) is 5.56 Å². The lowest BCUT2D eigenvalue weighted by molar-refractivity contribution is -0.384. The van der Waals surface area contributed by atoms with E-state index in [0.717, 1.165) is 0 Å². The predicted octanol–water partition coefficient (Wildman–Crippen LogP) is 4.92. The summed E-state index contributed by atoms with van der Waals surface area (Å²) >= 11 is 7.01. The zero-order valence-corrected chi connectivity index (χ0v) is 15.7. The molecule has 9 heteroatoms. The quantitative estimate of drug-likeness (QED) is 0.278. The molecule has 0 unspecified atom stereocenters. The Balaban J connectivity index is 1.74. The van der Waals surface area contributed by atoms with Crippen LogP contribution in [0.4, 0.5) is 10.8 Å².